The predicted octanol–water partition coefficient (Wildman–Crippen LogP) is 3.29. The average molecular weight is 504 g/mol. The molecule has 1 aromatic rings. The van der Waals surface area contributed by atoms with E-state index in [2.05, 4.69) is 10.6 Å². The highest BCUT2D eigenvalue weighted by molar-refractivity contribution is 5.91. The Bertz CT molecular complexity index is 911. The summed E-state index contributed by atoms with van der Waals surface area (Å²) in [6.45, 7) is 7.88. The fraction of sp³-hybridized carbons (Fsp3) is 0.609. The van der Waals surface area contributed by atoms with Gasteiger partial charge in [0, 0.05) is 11.3 Å². The molecule has 12 heteroatoms. The highest BCUT2D eigenvalue weighted by Crippen LogP contribution is 2.29. The van der Waals surface area contributed by atoms with Crippen molar-refractivity contribution in [3.63, 3.8) is 0 Å². The molecule has 1 rings (SSSR count). The monoisotopic (exact) mass is 503 g/mol. The second kappa shape index (κ2) is 12.0. The van der Waals surface area contributed by atoms with E-state index in [1.165, 1.54) is 0 Å². The first kappa shape index (κ1) is 29.9. The lowest BCUT2D eigenvalue weighted by molar-refractivity contribution is -0.486. The van der Waals surface area contributed by atoms with Crippen LogP contribution in [0, 0.1) is 27.4 Å². The Labute approximate surface area is 201 Å². The first-order valence-electron chi connectivity index (χ1n) is 11.0. The van der Waals surface area contributed by atoms with Crippen molar-refractivity contribution in [3.8, 4) is 0 Å². The smallest absolute Gasteiger partial charge is 0.416 e. The number of nitrogens with zero attached hydrogens (tertiary/aromatic N) is 1. The minimum absolute atomic E-state index is 0.0206. The third-order valence-electron chi connectivity index (χ3n) is 5.25. The topological polar surface area (TPSA) is 139 Å². The Kier molecular flexibility index (Phi) is 10.2. The van der Waals surface area contributed by atoms with Gasteiger partial charge in [0.2, 0.25) is 18.4 Å². The van der Waals surface area contributed by atoms with Crippen LogP contribution in [0.1, 0.15) is 52.2 Å². The van der Waals surface area contributed by atoms with Crippen LogP contribution in [-0.4, -0.2) is 46.4 Å². The van der Waals surface area contributed by atoms with Gasteiger partial charge < -0.3 is 15.7 Å². The number of nitro groups is 1. The van der Waals surface area contributed by atoms with Gasteiger partial charge >= 0.3 is 12.1 Å². The molecular formula is C23H32F3N3O6. The van der Waals surface area contributed by atoms with Crippen LogP contribution < -0.4 is 10.6 Å². The fourth-order valence-corrected chi connectivity index (χ4v) is 3.47. The summed E-state index contributed by atoms with van der Waals surface area (Å²) in [5.74, 6) is -3.93. The fourth-order valence-electron chi connectivity index (χ4n) is 3.47. The number of aliphatic carboxylic acids is 1. The van der Waals surface area contributed by atoms with E-state index in [-0.39, 0.29) is 24.3 Å². The zero-order chi connectivity index (χ0) is 27.1. The Hall–Kier alpha value is -3.18. The summed E-state index contributed by atoms with van der Waals surface area (Å²) in [6, 6.07) is 1.19. The summed E-state index contributed by atoms with van der Waals surface area (Å²) < 4.78 is 38.3. The molecule has 0 aliphatic heterocycles. The van der Waals surface area contributed by atoms with Crippen LogP contribution in [0.15, 0.2) is 24.3 Å². The van der Waals surface area contributed by atoms with E-state index >= 15 is 0 Å². The Morgan fingerprint density at radius 3 is 1.97 bits per heavy atom. The van der Waals surface area contributed by atoms with Crippen LogP contribution in [0.25, 0.3) is 0 Å². The number of carbonyl (C=O) groups is 3. The molecule has 0 bridgehead atoms. The van der Waals surface area contributed by atoms with E-state index in [4.69, 9.17) is 0 Å². The summed E-state index contributed by atoms with van der Waals surface area (Å²) in [5.41, 5.74) is -1.52. The Morgan fingerprint density at radius 1 is 1.03 bits per heavy atom. The summed E-state index contributed by atoms with van der Waals surface area (Å²) in [5, 5.41) is 25.4. The number of nitrogens with one attached hydrogen (secondary N) is 2. The first-order chi connectivity index (χ1) is 15.9. The standard InChI is InChI=1S/C23H32F3N3O6/c1-13(2)10-15(12-29(34)35)19(30)28-18(22(3,4)5)20(31)27-17(21(32)33)11-14-6-8-16(9-7-14)23(24,25)26/h6-9,13,15,17-18H,10-12H2,1-5H3,(H,27,31)(H,28,30)(H,32,33)/t15-,17-,18-/m1/s1. The molecular weight excluding hydrogens is 471 g/mol. The van der Waals surface area contributed by atoms with Gasteiger partial charge in [-0.25, -0.2) is 4.79 Å². The maximum Gasteiger partial charge on any atom is 0.416 e. The number of carboxylic acids is 1. The Balaban J connectivity index is 3.05. The lowest BCUT2D eigenvalue weighted by Gasteiger charge is -2.32. The van der Waals surface area contributed by atoms with E-state index in [1.807, 2.05) is 0 Å². The SMILES string of the molecule is CC(C)C[C@H](C[N+](=O)[O-])C(=O)N[C@H](C(=O)N[C@H](Cc1ccc(C(F)(F)F)cc1)C(=O)O)C(C)(C)C. The van der Waals surface area contributed by atoms with Gasteiger partial charge in [0.05, 0.1) is 5.56 Å². The summed E-state index contributed by atoms with van der Waals surface area (Å²) in [6.07, 6.45) is -4.61. The zero-order valence-corrected chi connectivity index (χ0v) is 20.3. The van der Waals surface area contributed by atoms with E-state index in [9.17, 15) is 42.8 Å². The number of alkyl halides is 3. The lowest BCUT2D eigenvalue weighted by Crippen LogP contribution is -2.58. The number of carbonyl (C=O) groups excluding carboxylic acids is 2. The predicted molar refractivity (Wildman–Crippen MR) is 121 cm³/mol. The van der Waals surface area contributed by atoms with Crippen LogP contribution in [0.3, 0.4) is 0 Å². The molecule has 0 spiro atoms. The van der Waals surface area contributed by atoms with Crippen molar-refractivity contribution >= 4 is 17.8 Å². The quantitative estimate of drug-likeness (QED) is 0.313. The van der Waals surface area contributed by atoms with E-state index < -0.39 is 64.4 Å². The molecule has 0 aromatic heterocycles. The minimum Gasteiger partial charge on any atom is -0.480 e. The molecule has 3 atom stereocenters. The van der Waals surface area contributed by atoms with Crippen molar-refractivity contribution in [1.82, 2.24) is 10.6 Å². The van der Waals surface area contributed by atoms with Crippen LogP contribution in [0.5, 0.6) is 0 Å². The van der Waals surface area contributed by atoms with Gasteiger partial charge in [-0.15, -0.1) is 0 Å². The van der Waals surface area contributed by atoms with Crippen molar-refractivity contribution in [1.29, 1.82) is 0 Å². The summed E-state index contributed by atoms with van der Waals surface area (Å²) >= 11 is 0. The van der Waals surface area contributed by atoms with Crippen molar-refractivity contribution < 1.29 is 37.6 Å². The zero-order valence-electron chi connectivity index (χ0n) is 20.3. The molecule has 0 saturated heterocycles. The molecule has 2 amide bonds. The third kappa shape index (κ3) is 9.91. The number of rotatable bonds is 11. The van der Waals surface area contributed by atoms with Crippen molar-refractivity contribution in [2.45, 2.75) is 65.7 Å². The number of halogens is 3. The maximum atomic E-state index is 13.0. The van der Waals surface area contributed by atoms with Gasteiger partial charge in [-0.05, 0) is 35.4 Å². The van der Waals surface area contributed by atoms with Gasteiger partial charge in [0.15, 0.2) is 0 Å². The normalized spacial score (nSPS) is 14.7. The molecule has 0 aliphatic carbocycles. The Morgan fingerprint density at radius 2 is 1.57 bits per heavy atom. The minimum atomic E-state index is -4.54. The highest BCUT2D eigenvalue weighted by atomic mass is 19.4. The molecule has 9 nitrogen and oxygen atoms in total. The van der Waals surface area contributed by atoms with Crippen molar-refractivity contribution in [2.24, 2.45) is 17.3 Å². The van der Waals surface area contributed by atoms with Crippen LogP contribution >= 0.6 is 0 Å². The first-order valence-corrected chi connectivity index (χ1v) is 11.0. The number of carboxylic acid groups (broad SMARTS) is 1. The molecule has 1 aromatic carbocycles. The largest absolute Gasteiger partial charge is 0.480 e. The second-order valence-electron chi connectivity index (χ2n) is 9.95. The molecule has 0 unspecified atom stereocenters. The molecule has 3 N–H and O–H groups in total. The molecule has 0 heterocycles. The van der Waals surface area contributed by atoms with E-state index in [0.717, 1.165) is 24.3 Å². The summed E-state index contributed by atoms with van der Waals surface area (Å²) in [7, 11) is 0. The molecule has 0 radical (unpaired) electrons. The second-order valence-corrected chi connectivity index (χ2v) is 9.95. The third-order valence-corrected chi connectivity index (χ3v) is 5.25. The average Bonchev–Trinajstić information content (AvgIpc) is 2.68. The van der Waals surface area contributed by atoms with E-state index in [0.29, 0.717) is 0 Å². The van der Waals surface area contributed by atoms with Crippen LogP contribution in [-0.2, 0) is 27.0 Å². The van der Waals surface area contributed by atoms with Crippen molar-refractivity contribution in [2.75, 3.05) is 6.54 Å². The number of amides is 2. The number of benzene rings is 1. The van der Waals surface area contributed by atoms with Gasteiger partial charge in [-0.1, -0.05) is 46.8 Å². The highest BCUT2D eigenvalue weighted by Gasteiger charge is 2.37. The van der Waals surface area contributed by atoms with Gasteiger partial charge in [-0.3, -0.25) is 19.7 Å². The van der Waals surface area contributed by atoms with Crippen LogP contribution in [0.4, 0.5) is 13.2 Å². The maximum absolute atomic E-state index is 13.0. The molecule has 35 heavy (non-hydrogen) atoms. The molecule has 196 valence electrons. The molecule has 0 fully saturated rings. The lowest BCUT2D eigenvalue weighted by atomic mass is 9.85. The van der Waals surface area contributed by atoms with Gasteiger partial charge in [0.1, 0.15) is 18.0 Å². The van der Waals surface area contributed by atoms with Crippen molar-refractivity contribution in [3.05, 3.63) is 45.5 Å². The van der Waals surface area contributed by atoms with E-state index in [1.54, 1.807) is 34.6 Å². The molecule has 0 saturated carbocycles. The van der Waals surface area contributed by atoms with Crippen LogP contribution in [0.2, 0.25) is 0 Å². The molecule has 0 aliphatic rings. The van der Waals surface area contributed by atoms with Gasteiger partial charge in [-0.2, -0.15) is 13.2 Å². The van der Waals surface area contributed by atoms with Gasteiger partial charge in [0.25, 0.3) is 0 Å². The summed E-state index contributed by atoms with van der Waals surface area (Å²) in [4.78, 5) is 48.0. The number of hydrogen-bond acceptors (Lipinski definition) is 5. The number of hydrogen-bond donors (Lipinski definition) is 3.